The second kappa shape index (κ2) is 8.49. The average molecular weight is 334 g/mol. The van der Waals surface area contributed by atoms with Crippen LogP contribution >= 0.6 is 0 Å². The van der Waals surface area contributed by atoms with Crippen LogP contribution in [0, 0.1) is 0 Å². The molecule has 0 saturated heterocycles. The Labute approximate surface area is 130 Å². The molecule has 1 aromatic rings. The van der Waals surface area contributed by atoms with Crippen molar-refractivity contribution in [2.75, 3.05) is 0 Å². The Morgan fingerprint density at radius 1 is 1.26 bits per heavy atom. The van der Waals surface area contributed by atoms with E-state index in [0.717, 1.165) is 5.56 Å². The molecule has 0 aliphatic carbocycles. The fraction of sp³-hybridized carbons (Fsp3) is 0.429. The Bertz CT molecular complexity index is 523. The molecule has 0 bridgehead atoms. The smallest absolute Gasteiger partial charge is 0.404 e. The number of hydrogen-bond donors (Lipinski definition) is 3. The van der Waals surface area contributed by atoms with E-state index in [0.29, 0.717) is 0 Å². The van der Waals surface area contributed by atoms with E-state index in [1.54, 1.807) is 30.3 Å². The molecule has 23 heavy (non-hydrogen) atoms. The quantitative estimate of drug-likeness (QED) is 0.629. The van der Waals surface area contributed by atoms with Gasteiger partial charge in [-0.15, -0.1) is 0 Å². The Kier molecular flexibility index (Phi) is 6.98. The minimum Gasteiger partial charge on any atom is -0.481 e. The number of carboxylic acids is 1. The molecule has 0 unspecified atom stereocenters. The number of alkyl halides is 3. The Morgan fingerprint density at radius 2 is 1.87 bits per heavy atom. The maximum absolute atomic E-state index is 12.7. The molecule has 0 aromatic heterocycles. The topological polar surface area (TPSA) is 87.7 Å². The number of hydrogen-bond acceptors (Lipinski definition) is 4. The Hall–Kier alpha value is -2.13. The van der Waals surface area contributed by atoms with Gasteiger partial charge < -0.3 is 5.11 Å². The van der Waals surface area contributed by atoms with Gasteiger partial charge in [-0.05, 0) is 12.5 Å². The summed E-state index contributed by atoms with van der Waals surface area (Å²) in [6.45, 7) is 1.24. The van der Waals surface area contributed by atoms with Gasteiger partial charge in [-0.1, -0.05) is 30.3 Å². The standard InChI is InChI=1S/C14H17F3N2O4/c1-9(18-11(7-12(20)21)14(15,16)17)13(22)19-23-8-10-5-3-2-4-6-10/h2-6,9,11,18H,7-8H2,1H3,(H,19,22)(H,20,21)/t9-,11+/m0/s1. The maximum atomic E-state index is 12.7. The van der Waals surface area contributed by atoms with Gasteiger partial charge in [-0.2, -0.15) is 13.2 Å². The first-order valence-corrected chi connectivity index (χ1v) is 6.70. The van der Waals surface area contributed by atoms with E-state index in [-0.39, 0.29) is 6.61 Å². The van der Waals surface area contributed by atoms with Crippen LogP contribution < -0.4 is 10.8 Å². The molecule has 1 aromatic carbocycles. The molecule has 9 heteroatoms. The minimum atomic E-state index is -4.78. The van der Waals surface area contributed by atoms with Crippen molar-refractivity contribution in [1.29, 1.82) is 0 Å². The van der Waals surface area contributed by atoms with Gasteiger partial charge in [-0.3, -0.25) is 19.7 Å². The molecular formula is C14H17F3N2O4. The van der Waals surface area contributed by atoms with Gasteiger partial charge in [-0.25, -0.2) is 5.48 Å². The summed E-state index contributed by atoms with van der Waals surface area (Å²) in [4.78, 5) is 27.1. The summed E-state index contributed by atoms with van der Waals surface area (Å²) in [5, 5.41) is 10.4. The van der Waals surface area contributed by atoms with Gasteiger partial charge in [0.1, 0.15) is 6.04 Å². The number of aliphatic carboxylic acids is 1. The summed E-state index contributed by atoms with van der Waals surface area (Å²) >= 11 is 0. The number of rotatable bonds is 8. The van der Waals surface area contributed by atoms with Crippen molar-refractivity contribution in [3.8, 4) is 0 Å². The van der Waals surface area contributed by atoms with E-state index in [2.05, 4.69) is 0 Å². The minimum absolute atomic E-state index is 0.0527. The number of carbonyl (C=O) groups excluding carboxylic acids is 1. The van der Waals surface area contributed by atoms with E-state index in [1.165, 1.54) is 6.92 Å². The zero-order valence-electron chi connectivity index (χ0n) is 12.3. The molecule has 0 heterocycles. The Balaban J connectivity index is 2.46. The highest BCUT2D eigenvalue weighted by molar-refractivity contribution is 5.80. The molecule has 0 radical (unpaired) electrons. The number of carboxylic acid groups (broad SMARTS) is 1. The third-order valence-electron chi connectivity index (χ3n) is 2.87. The van der Waals surface area contributed by atoms with E-state index >= 15 is 0 Å². The van der Waals surface area contributed by atoms with Crippen molar-refractivity contribution >= 4 is 11.9 Å². The number of nitrogens with one attached hydrogen (secondary N) is 2. The third kappa shape index (κ3) is 7.11. The summed E-state index contributed by atoms with van der Waals surface area (Å²) in [6, 6.07) is 5.23. The van der Waals surface area contributed by atoms with E-state index in [1.807, 2.05) is 10.8 Å². The molecule has 1 amide bonds. The first-order chi connectivity index (χ1) is 10.7. The summed E-state index contributed by atoms with van der Waals surface area (Å²) in [6.07, 6.45) is -5.95. The normalized spacial score (nSPS) is 14.1. The molecule has 0 aliphatic rings. The molecule has 0 aliphatic heterocycles. The van der Waals surface area contributed by atoms with Crippen LogP contribution in [0.1, 0.15) is 18.9 Å². The summed E-state index contributed by atoms with van der Waals surface area (Å²) in [7, 11) is 0. The van der Waals surface area contributed by atoms with Crippen LogP contribution in [0.25, 0.3) is 0 Å². The molecule has 0 spiro atoms. The van der Waals surface area contributed by atoms with Gasteiger partial charge in [0.2, 0.25) is 0 Å². The largest absolute Gasteiger partial charge is 0.481 e. The molecule has 0 fully saturated rings. The van der Waals surface area contributed by atoms with Crippen LogP contribution in [0.2, 0.25) is 0 Å². The van der Waals surface area contributed by atoms with Crippen LogP contribution in [0.15, 0.2) is 30.3 Å². The first-order valence-electron chi connectivity index (χ1n) is 6.70. The van der Waals surface area contributed by atoms with Crippen molar-refractivity contribution in [3.05, 3.63) is 35.9 Å². The highest BCUT2D eigenvalue weighted by Crippen LogP contribution is 2.23. The van der Waals surface area contributed by atoms with E-state index in [4.69, 9.17) is 9.94 Å². The van der Waals surface area contributed by atoms with E-state index in [9.17, 15) is 22.8 Å². The number of hydroxylamine groups is 1. The van der Waals surface area contributed by atoms with Crippen LogP contribution in [0.3, 0.4) is 0 Å². The zero-order chi connectivity index (χ0) is 17.5. The molecular weight excluding hydrogens is 317 g/mol. The van der Waals surface area contributed by atoms with Crippen molar-refractivity contribution in [2.45, 2.75) is 38.2 Å². The fourth-order valence-electron chi connectivity index (χ4n) is 1.67. The second-order valence-electron chi connectivity index (χ2n) is 4.82. The fourth-order valence-corrected chi connectivity index (χ4v) is 1.67. The maximum Gasteiger partial charge on any atom is 0.404 e. The molecule has 1 rings (SSSR count). The van der Waals surface area contributed by atoms with Gasteiger partial charge >= 0.3 is 12.1 Å². The summed E-state index contributed by atoms with van der Waals surface area (Å²) in [5.41, 5.74) is 2.80. The predicted molar refractivity (Wildman–Crippen MR) is 74.1 cm³/mol. The van der Waals surface area contributed by atoms with Crippen LogP contribution in [-0.4, -0.2) is 35.2 Å². The number of benzene rings is 1. The van der Waals surface area contributed by atoms with Gasteiger partial charge in [0, 0.05) is 0 Å². The van der Waals surface area contributed by atoms with Gasteiger partial charge in [0.05, 0.1) is 19.1 Å². The SMILES string of the molecule is C[C@H](N[C@H](CC(=O)O)C(F)(F)F)C(=O)NOCc1ccccc1. The molecule has 2 atom stereocenters. The monoisotopic (exact) mass is 334 g/mol. The van der Waals surface area contributed by atoms with Crippen molar-refractivity contribution < 1.29 is 32.7 Å². The van der Waals surface area contributed by atoms with Crippen molar-refractivity contribution in [3.63, 3.8) is 0 Å². The lowest BCUT2D eigenvalue weighted by Gasteiger charge is -2.23. The van der Waals surface area contributed by atoms with Gasteiger partial charge in [0.25, 0.3) is 5.91 Å². The number of amides is 1. The predicted octanol–water partition coefficient (Wildman–Crippen LogP) is 1.62. The summed E-state index contributed by atoms with van der Waals surface area (Å²) in [5.74, 6) is -2.45. The lowest BCUT2D eigenvalue weighted by molar-refractivity contribution is -0.170. The zero-order valence-corrected chi connectivity index (χ0v) is 12.3. The second-order valence-corrected chi connectivity index (χ2v) is 4.82. The van der Waals surface area contributed by atoms with Crippen LogP contribution in [0.4, 0.5) is 13.2 Å². The van der Waals surface area contributed by atoms with Gasteiger partial charge in [0.15, 0.2) is 0 Å². The molecule has 128 valence electrons. The number of halogens is 3. The third-order valence-corrected chi connectivity index (χ3v) is 2.87. The highest BCUT2D eigenvalue weighted by atomic mass is 19.4. The summed E-state index contributed by atoms with van der Waals surface area (Å²) < 4.78 is 38.1. The molecule has 0 saturated carbocycles. The molecule has 3 N–H and O–H groups in total. The molecule has 6 nitrogen and oxygen atoms in total. The first kappa shape index (κ1) is 18.9. The van der Waals surface area contributed by atoms with Crippen molar-refractivity contribution in [1.82, 2.24) is 10.8 Å². The number of carbonyl (C=O) groups is 2. The lowest BCUT2D eigenvalue weighted by Crippen LogP contribution is -2.52. The van der Waals surface area contributed by atoms with Crippen LogP contribution in [0.5, 0.6) is 0 Å². The highest BCUT2D eigenvalue weighted by Gasteiger charge is 2.42. The Morgan fingerprint density at radius 3 is 2.39 bits per heavy atom. The van der Waals surface area contributed by atoms with E-state index < -0.39 is 36.6 Å². The average Bonchev–Trinajstić information content (AvgIpc) is 2.46. The van der Waals surface area contributed by atoms with Crippen LogP contribution in [-0.2, 0) is 21.0 Å². The lowest BCUT2D eigenvalue weighted by atomic mass is 10.1. The van der Waals surface area contributed by atoms with Crippen molar-refractivity contribution in [2.24, 2.45) is 0 Å².